The molecule has 0 aliphatic rings. The van der Waals surface area contributed by atoms with Crippen LogP contribution in [0.3, 0.4) is 0 Å². The van der Waals surface area contributed by atoms with Gasteiger partial charge in [-0.25, -0.2) is 0 Å². The Balaban J connectivity index is 3.90. The van der Waals surface area contributed by atoms with Gasteiger partial charge >= 0.3 is 0 Å². The minimum Gasteiger partial charge on any atom is -0.348 e. The van der Waals surface area contributed by atoms with Crippen molar-refractivity contribution in [2.45, 2.75) is 46.0 Å². The van der Waals surface area contributed by atoms with Gasteiger partial charge in [-0.3, -0.25) is 47.9 Å². The van der Waals surface area contributed by atoms with Gasteiger partial charge in [0.15, 0.2) is 5.78 Å². The molecule has 17 heteroatoms. The van der Waals surface area contributed by atoms with Gasteiger partial charge in [0.25, 0.3) is 0 Å². The van der Waals surface area contributed by atoms with Crippen molar-refractivity contribution < 1.29 is 47.9 Å². The quantitative estimate of drug-likeness (QED) is 0.0665. The predicted octanol–water partition coefficient (Wildman–Crippen LogP) is -3.32. The van der Waals surface area contributed by atoms with Crippen LogP contribution in [-0.2, 0) is 47.9 Å². The first kappa shape index (κ1) is 37.9. The standard InChI is InChI=1S/C25H38N6O10S/c1-16(32)8-26-21(37)11-29-23(39)10-28-20(36)5-3-4-18(34)6-7-19(35)9-27-22(38)12-30-24(40)13-31-25(41)15-42-14-17(2)33/h3-15H2,1-2H3,(H,26,37)(H,27,38)(H,28,36)(H,29,39)(H,30,40)(H,31,41). The minimum atomic E-state index is -0.637. The number of thioether (sulfide) groups is 1. The van der Waals surface area contributed by atoms with Crippen LogP contribution in [0, 0.1) is 0 Å². The number of carbonyl (C=O) groups excluding carboxylic acids is 10. The van der Waals surface area contributed by atoms with Gasteiger partial charge in [0.2, 0.25) is 35.4 Å². The van der Waals surface area contributed by atoms with E-state index in [1.54, 1.807) is 0 Å². The summed E-state index contributed by atoms with van der Waals surface area (Å²) in [5.74, 6) is -4.09. The van der Waals surface area contributed by atoms with E-state index in [1.165, 1.54) is 13.8 Å². The molecule has 0 radical (unpaired) electrons. The van der Waals surface area contributed by atoms with Gasteiger partial charge in [0.1, 0.15) is 17.3 Å². The van der Waals surface area contributed by atoms with E-state index < -0.39 is 47.8 Å². The lowest BCUT2D eigenvalue weighted by Crippen LogP contribution is -2.43. The van der Waals surface area contributed by atoms with E-state index >= 15 is 0 Å². The third-order valence-corrected chi connectivity index (χ3v) is 5.96. The summed E-state index contributed by atoms with van der Waals surface area (Å²) >= 11 is 1.11. The first-order valence-corrected chi connectivity index (χ1v) is 14.1. The zero-order valence-electron chi connectivity index (χ0n) is 23.7. The molecule has 6 amide bonds. The molecular weight excluding hydrogens is 576 g/mol. The summed E-state index contributed by atoms with van der Waals surface area (Å²) in [6.07, 6.45) is 0.00302. The molecule has 0 aromatic heterocycles. The van der Waals surface area contributed by atoms with Crippen LogP contribution in [0.4, 0.5) is 0 Å². The van der Waals surface area contributed by atoms with Crippen molar-refractivity contribution in [3.63, 3.8) is 0 Å². The van der Waals surface area contributed by atoms with E-state index in [0.29, 0.717) is 0 Å². The van der Waals surface area contributed by atoms with E-state index in [0.717, 1.165) is 11.8 Å². The van der Waals surface area contributed by atoms with Gasteiger partial charge in [0, 0.05) is 25.7 Å². The lowest BCUT2D eigenvalue weighted by molar-refractivity contribution is -0.128. The Hall–Kier alpha value is -4.15. The number of ketones is 4. The lowest BCUT2D eigenvalue weighted by atomic mass is 10.1. The molecule has 0 saturated carbocycles. The highest BCUT2D eigenvalue weighted by Gasteiger charge is 2.13. The van der Waals surface area contributed by atoms with Gasteiger partial charge < -0.3 is 31.9 Å². The Morgan fingerprint density at radius 1 is 0.405 bits per heavy atom. The fourth-order valence-electron chi connectivity index (χ4n) is 2.75. The second-order valence-corrected chi connectivity index (χ2v) is 9.97. The largest absolute Gasteiger partial charge is 0.348 e. The topological polar surface area (TPSA) is 243 Å². The van der Waals surface area contributed by atoms with Crippen molar-refractivity contribution in [2.75, 3.05) is 50.8 Å². The van der Waals surface area contributed by atoms with Crippen molar-refractivity contribution in [1.29, 1.82) is 0 Å². The van der Waals surface area contributed by atoms with Crippen molar-refractivity contribution in [3.05, 3.63) is 0 Å². The van der Waals surface area contributed by atoms with E-state index in [4.69, 9.17) is 0 Å². The van der Waals surface area contributed by atoms with E-state index in [-0.39, 0.29) is 93.7 Å². The summed E-state index contributed by atoms with van der Waals surface area (Å²) in [4.78, 5) is 115. The third kappa shape index (κ3) is 23.7. The van der Waals surface area contributed by atoms with Gasteiger partial charge in [-0.15, -0.1) is 11.8 Å². The van der Waals surface area contributed by atoms with Crippen molar-refractivity contribution in [2.24, 2.45) is 0 Å². The highest BCUT2D eigenvalue weighted by molar-refractivity contribution is 8.00. The number of amides is 6. The van der Waals surface area contributed by atoms with Gasteiger partial charge in [-0.1, -0.05) is 0 Å². The number of rotatable bonds is 23. The Bertz CT molecular complexity index is 1030. The SMILES string of the molecule is CC(=O)CNC(=O)CNC(=O)CNC(=O)CCCC(=O)CCC(=O)CNC(=O)CNC(=O)CNC(=O)CSCC(C)=O. The van der Waals surface area contributed by atoms with Gasteiger partial charge in [-0.05, 0) is 20.3 Å². The maximum Gasteiger partial charge on any atom is 0.239 e. The molecule has 16 nitrogen and oxygen atoms in total. The fourth-order valence-corrected chi connectivity index (χ4v) is 3.43. The minimum absolute atomic E-state index is 0.0165. The fraction of sp³-hybridized carbons (Fsp3) is 0.600. The first-order valence-electron chi connectivity index (χ1n) is 13.0. The maximum absolute atomic E-state index is 12.0. The average Bonchev–Trinajstić information content (AvgIpc) is 2.93. The van der Waals surface area contributed by atoms with Crippen LogP contribution in [0.1, 0.15) is 46.0 Å². The number of hydrogen-bond donors (Lipinski definition) is 6. The number of Topliss-reactive ketones (excluding diaryl/α,β-unsaturated/α-hetero) is 4. The van der Waals surface area contributed by atoms with Crippen LogP contribution in [0.5, 0.6) is 0 Å². The summed E-state index contributed by atoms with van der Waals surface area (Å²) in [5, 5.41) is 13.9. The summed E-state index contributed by atoms with van der Waals surface area (Å²) < 4.78 is 0. The van der Waals surface area contributed by atoms with Crippen LogP contribution >= 0.6 is 11.8 Å². The van der Waals surface area contributed by atoms with E-state index in [2.05, 4.69) is 31.9 Å². The molecule has 0 atom stereocenters. The monoisotopic (exact) mass is 614 g/mol. The third-order valence-electron chi connectivity index (χ3n) is 4.88. The molecule has 0 bridgehead atoms. The molecule has 0 heterocycles. The molecule has 0 unspecified atom stereocenters. The average molecular weight is 615 g/mol. The molecule has 6 N–H and O–H groups in total. The van der Waals surface area contributed by atoms with Crippen LogP contribution in [0.15, 0.2) is 0 Å². The maximum atomic E-state index is 12.0. The Morgan fingerprint density at radius 2 is 0.833 bits per heavy atom. The predicted molar refractivity (Wildman–Crippen MR) is 150 cm³/mol. The zero-order chi connectivity index (χ0) is 31.9. The molecule has 0 saturated heterocycles. The second-order valence-electron chi connectivity index (χ2n) is 8.99. The highest BCUT2D eigenvalue weighted by Crippen LogP contribution is 2.02. The van der Waals surface area contributed by atoms with Crippen LogP contribution in [0.25, 0.3) is 0 Å². The van der Waals surface area contributed by atoms with Crippen LogP contribution in [0.2, 0.25) is 0 Å². The number of carbonyl (C=O) groups is 10. The highest BCUT2D eigenvalue weighted by atomic mass is 32.2. The summed E-state index contributed by atoms with van der Waals surface area (Å²) in [6.45, 7) is 0.729. The molecule has 0 fully saturated rings. The van der Waals surface area contributed by atoms with Crippen LogP contribution in [-0.4, -0.2) is 109 Å². The molecule has 42 heavy (non-hydrogen) atoms. The molecule has 234 valence electrons. The van der Waals surface area contributed by atoms with Crippen molar-refractivity contribution >= 4 is 70.3 Å². The first-order chi connectivity index (χ1) is 19.8. The molecule has 0 spiro atoms. The smallest absolute Gasteiger partial charge is 0.239 e. The Kier molecular flexibility index (Phi) is 20.3. The van der Waals surface area contributed by atoms with Gasteiger partial charge in [0.05, 0.1) is 50.8 Å². The zero-order valence-corrected chi connectivity index (χ0v) is 24.5. The molecule has 0 aromatic rings. The molecule has 0 rings (SSSR count). The molecular formula is C25H38N6O10S. The Morgan fingerprint density at radius 3 is 1.33 bits per heavy atom. The Labute approximate surface area is 247 Å². The summed E-state index contributed by atoms with van der Waals surface area (Å²) in [7, 11) is 0. The van der Waals surface area contributed by atoms with Crippen molar-refractivity contribution in [1.82, 2.24) is 31.9 Å². The van der Waals surface area contributed by atoms with E-state index in [9.17, 15) is 47.9 Å². The summed E-state index contributed by atoms with van der Waals surface area (Å²) in [6, 6.07) is 0. The molecule has 0 aliphatic carbocycles. The second kappa shape index (κ2) is 22.5. The normalized spacial score (nSPS) is 10.0. The van der Waals surface area contributed by atoms with Crippen LogP contribution < -0.4 is 31.9 Å². The molecule has 0 aromatic carbocycles. The van der Waals surface area contributed by atoms with Gasteiger partial charge in [-0.2, -0.15) is 0 Å². The number of hydrogen-bond acceptors (Lipinski definition) is 11. The lowest BCUT2D eigenvalue weighted by Gasteiger charge is -2.08. The molecule has 0 aliphatic heterocycles. The van der Waals surface area contributed by atoms with Crippen molar-refractivity contribution in [3.8, 4) is 0 Å². The number of nitrogens with one attached hydrogen (secondary N) is 6. The van der Waals surface area contributed by atoms with E-state index in [1.807, 2.05) is 0 Å². The summed E-state index contributed by atoms with van der Waals surface area (Å²) in [5.41, 5.74) is 0.